The SMILES string of the molecule is O=C(O)[C@H](Cc1ccc(O)cc1)NCCc1c(O)cccc1O. The van der Waals surface area contributed by atoms with E-state index in [2.05, 4.69) is 5.32 Å². The second-order valence-corrected chi connectivity index (χ2v) is 5.24. The maximum atomic E-state index is 11.3. The molecule has 23 heavy (non-hydrogen) atoms. The lowest BCUT2D eigenvalue weighted by Gasteiger charge is -2.15. The van der Waals surface area contributed by atoms with Crippen LogP contribution < -0.4 is 5.32 Å². The Balaban J connectivity index is 1.95. The van der Waals surface area contributed by atoms with Crippen LogP contribution in [0.15, 0.2) is 42.5 Å². The van der Waals surface area contributed by atoms with Gasteiger partial charge in [0, 0.05) is 12.1 Å². The molecule has 0 radical (unpaired) electrons. The molecule has 0 aliphatic carbocycles. The van der Waals surface area contributed by atoms with Gasteiger partial charge in [0.05, 0.1) is 0 Å². The van der Waals surface area contributed by atoms with Gasteiger partial charge < -0.3 is 25.7 Å². The minimum absolute atomic E-state index is 0.0165. The summed E-state index contributed by atoms with van der Waals surface area (Å²) in [6.45, 7) is 0.292. The number of benzene rings is 2. The highest BCUT2D eigenvalue weighted by Crippen LogP contribution is 2.26. The molecule has 5 N–H and O–H groups in total. The molecule has 2 aromatic carbocycles. The van der Waals surface area contributed by atoms with Crippen molar-refractivity contribution in [2.45, 2.75) is 18.9 Å². The van der Waals surface area contributed by atoms with E-state index in [0.29, 0.717) is 18.5 Å². The first-order chi connectivity index (χ1) is 11.0. The number of rotatable bonds is 7. The normalized spacial score (nSPS) is 12.0. The van der Waals surface area contributed by atoms with Gasteiger partial charge in [0.25, 0.3) is 0 Å². The number of phenolic OH excluding ortho intramolecular Hbond substituents is 3. The van der Waals surface area contributed by atoms with Crippen LogP contribution in [0.4, 0.5) is 0 Å². The third-order valence-electron chi connectivity index (χ3n) is 3.57. The van der Waals surface area contributed by atoms with Crippen molar-refractivity contribution < 1.29 is 25.2 Å². The van der Waals surface area contributed by atoms with Gasteiger partial charge in [-0.2, -0.15) is 0 Å². The average molecular weight is 317 g/mol. The number of phenols is 3. The van der Waals surface area contributed by atoms with Crippen LogP contribution in [-0.2, 0) is 17.6 Å². The minimum atomic E-state index is -0.986. The number of aliphatic carboxylic acids is 1. The molecule has 0 saturated heterocycles. The van der Waals surface area contributed by atoms with Gasteiger partial charge in [0.1, 0.15) is 23.3 Å². The Morgan fingerprint density at radius 3 is 2.17 bits per heavy atom. The first-order valence-corrected chi connectivity index (χ1v) is 7.21. The highest BCUT2D eigenvalue weighted by molar-refractivity contribution is 5.73. The number of nitrogens with one attached hydrogen (secondary N) is 1. The number of aromatic hydroxyl groups is 3. The fourth-order valence-corrected chi connectivity index (χ4v) is 2.30. The minimum Gasteiger partial charge on any atom is -0.508 e. The Morgan fingerprint density at radius 1 is 1.00 bits per heavy atom. The molecule has 0 amide bonds. The van der Waals surface area contributed by atoms with Gasteiger partial charge in [0.2, 0.25) is 0 Å². The van der Waals surface area contributed by atoms with Gasteiger partial charge in [-0.3, -0.25) is 4.79 Å². The summed E-state index contributed by atoms with van der Waals surface area (Å²) < 4.78 is 0. The highest BCUT2D eigenvalue weighted by atomic mass is 16.4. The summed E-state index contributed by atoms with van der Waals surface area (Å²) in [5.74, 6) is -0.891. The van der Waals surface area contributed by atoms with Crippen LogP contribution in [0.3, 0.4) is 0 Å². The van der Waals surface area contributed by atoms with Crippen molar-refractivity contribution in [3.8, 4) is 17.2 Å². The predicted molar refractivity (Wildman–Crippen MR) is 84.7 cm³/mol. The Kier molecular flexibility index (Phi) is 5.43. The van der Waals surface area contributed by atoms with E-state index in [1.54, 1.807) is 12.1 Å². The van der Waals surface area contributed by atoms with Crippen LogP contribution in [0.25, 0.3) is 0 Å². The summed E-state index contributed by atoms with van der Waals surface area (Å²) in [4.78, 5) is 11.3. The summed E-state index contributed by atoms with van der Waals surface area (Å²) in [5.41, 5.74) is 1.17. The van der Waals surface area contributed by atoms with E-state index in [1.807, 2.05) is 0 Å². The maximum absolute atomic E-state index is 11.3. The second kappa shape index (κ2) is 7.51. The van der Waals surface area contributed by atoms with E-state index in [-0.39, 0.29) is 23.7 Å². The summed E-state index contributed by atoms with van der Waals surface area (Å²) in [7, 11) is 0. The number of carboxylic acids is 1. The monoisotopic (exact) mass is 317 g/mol. The van der Waals surface area contributed by atoms with Crippen LogP contribution >= 0.6 is 0 Å². The van der Waals surface area contributed by atoms with Crippen molar-refractivity contribution in [1.82, 2.24) is 5.32 Å². The van der Waals surface area contributed by atoms with Gasteiger partial charge in [-0.1, -0.05) is 18.2 Å². The van der Waals surface area contributed by atoms with Crippen molar-refractivity contribution in [3.63, 3.8) is 0 Å². The molecule has 0 aromatic heterocycles. The first kappa shape index (κ1) is 16.6. The van der Waals surface area contributed by atoms with Crippen LogP contribution in [0.1, 0.15) is 11.1 Å². The van der Waals surface area contributed by atoms with Gasteiger partial charge in [-0.25, -0.2) is 0 Å². The first-order valence-electron chi connectivity index (χ1n) is 7.21. The summed E-state index contributed by atoms with van der Waals surface area (Å²) in [6.07, 6.45) is 0.570. The zero-order valence-corrected chi connectivity index (χ0v) is 12.4. The Bertz CT molecular complexity index is 649. The molecule has 122 valence electrons. The van der Waals surface area contributed by atoms with Crippen molar-refractivity contribution in [2.75, 3.05) is 6.54 Å². The third kappa shape index (κ3) is 4.62. The third-order valence-corrected chi connectivity index (χ3v) is 3.57. The standard InChI is InChI=1S/C17H19NO5/c19-12-6-4-11(5-7-12)10-14(17(22)23)18-9-8-13-15(20)2-1-3-16(13)21/h1-7,14,18-21H,8-10H2,(H,22,23)/t14-/m0/s1. The van der Waals surface area contributed by atoms with Crippen molar-refractivity contribution in [3.05, 3.63) is 53.6 Å². The molecule has 0 heterocycles. The lowest BCUT2D eigenvalue weighted by molar-refractivity contribution is -0.139. The molecule has 0 saturated carbocycles. The van der Waals surface area contributed by atoms with E-state index >= 15 is 0 Å². The molecule has 0 spiro atoms. The average Bonchev–Trinajstić information content (AvgIpc) is 2.51. The molecule has 2 rings (SSSR count). The topological polar surface area (TPSA) is 110 Å². The summed E-state index contributed by atoms with van der Waals surface area (Å²) >= 11 is 0. The van der Waals surface area contributed by atoms with E-state index in [9.17, 15) is 25.2 Å². The molecule has 0 unspecified atom stereocenters. The number of hydrogen-bond donors (Lipinski definition) is 5. The quantitative estimate of drug-likeness (QED) is 0.531. The lowest BCUT2D eigenvalue weighted by Crippen LogP contribution is -2.39. The van der Waals surface area contributed by atoms with Crippen LogP contribution in [-0.4, -0.2) is 39.0 Å². The van der Waals surface area contributed by atoms with Crippen molar-refractivity contribution in [1.29, 1.82) is 0 Å². The van der Waals surface area contributed by atoms with Gasteiger partial charge >= 0.3 is 5.97 Å². The molecular formula is C17H19NO5. The van der Waals surface area contributed by atoms with Gasteiger partial charge in [-0.15, -0.1) is 0 Å². The maximum Gasteiger partial charge on any atom is 0.321 e. The molecule has 1 atom stereocenters. The Morgan fingerprint density at radius 2 is 1.61 bits per heavy atom. The molecule has 0 aliphatic rings. The van der Waals surface area contributed by atoms with Gasteiger partial charge in [0.15, 0.2) is 0 Å². The van der Waals surface area contributed by atoms with Crippen LogP contribution in [0.2, 0.25) is 0 Å². The molecule has 0 fully saturated rings. The smallest absolute Gasteiger partial charge is 0.321 e. The largest absolute Gasteiger partial charge is 0.508 e. The van der Waals surface area contributed by atoms with Crippen molar-refractivity contribution in [2.24, 2.45) is 0 Å². The molecule has 6 heteroatoms. The second-order valence-electron chi connectivity index (χ2n) is 5.24. The van der Waals surface area contributed by atoms with Gasteiger partial charge in [-0.05, 0) is 42.7 Å². The highest BCUT2D eigenvalue weighted by Gasteiger charge is 2.17. The van der Waals surface area contributed by atoms with Crippen LogP contribution in [0, 0.1) is 0 Å². The molecule has 2 aromatic rings. The Hall–Kier alpha value is -2.73. The molecule has 0 aliphatic heterocycles. The fourth-order valence-electron chi connectivity index (χ4n) is 2.30. The fraction of sp³-hybridized carbons (Fsp3) is 0.235. The van der Waals surface area contributed by atoms with E-state index in [1.165, 1.54) is 30.3 Å². The number of carbonyl (C=O) groups is 1. The number of hydrogen-bond acceptors (Lipinski definition) is 5. The lowest BCUT2D eigenvalue weighted by atomic mass is 10.0. The van der Waals surface area contributed by atoms with E-state index in [0.717, 1.165) is 5.56 Å². The predicted octanol–water partition coefficient (Wildman–Crippen LogP) is 1.63. The molecular weight excluding hydrogens is 298 g/mol. The zero-order chi connectivity index (χ0) is 16.8. The molecule has 0 bridgehead atoms. The number of carboxylic acid groups (broad SMARTS) is 1. The zero-order valence-electron chi connectivity index (χ0n) is 12.4. The Labute approximate surface area is 133 Å². The van der Waals surface area contributed by atoms with E-state index < -0.39 is 12.0 Å². The van der Waals surface area contributed by atoms with Crippen molar-refractivity contribution >= 4 is 5.97 Å². The van der Waals surface area contributed by atoms with Crippen LogP contribution in [0.5, 0.6) is 17.2 Å². The molecule has 6 nitrogen and oxygen atoms in total. The summed E-state index contributed by atoms with van der Waals surface area (Å²) in [5, 5.41) is 40.8. The summed E-state index contributed by atoms with van der Waals surface area (Å²) in [6, 6.07) is 10.0. The van der Waals surface area contributed by atoms with E-state index in [4.69, 9.17) is 0 Å².